The molecule has 25 heavy (non-hydrogen) atoms. The van der Waals surface area contributed by atoms with Crippen LogP contribution in [0.25, 0.3) is 0 Å². The normalized spacial score (nSPS) is 31.0. The van der Waals surface area contributed by atoms with Crippen LogP contribution in [0, 0.1) is 5.92 Å². The van der Waals surface area contributed by atoms with Gasteiger partial charge in [-0.05, 0) is 57.5 Å². The van der Waals surface area contributed by atoms with Gasteiger partial charge in [0.1, 0.15) is 5.50 Å². The van der Waals surface area contributed by atoms with E-state index in [4.69, 9.17) is 0 Å². The molecule has 0 aromatic heterocycles. The third-order valence-corrected chi connectivity index (χ3v) is 6.62. The third kappa shape index (κ3) is 6.60. The number of amides is 2. The van der Waals surface area contributed by atoms with Gasteiger partial charge in [0, 0.05) is 6.54 Å². The molecule has 2 amide bonds. The van der Waals surface area contributed by atoms with E-state index in [1.807, 2.05) is 0 Å². The van der Waals surface area contributed by atoms with Gasteiger partial charge in [-0.2, -0.15) is 0 Å². The Labute approximate surface area is 155 Å². The lowest BCUT2D eigenvalue weighted by molar-refractivity contribution is 0.237. The Balaban J connectivity index is 1.22. The molecule has 3 rings (SSSR count). The molecule has 0 aromatic carbocycles. The predicted octanol–water partition coefficient (Wildman–Crippen LogP) is 1.40. The van der Waals surface area contributed by atoms with Gasteiger partial charge in [0.25, 0.3) is 0 Å². The predicted molar refractivity (Wildman–Crippen MR) is 103 cm³/mol. The summed E-state index contributed by atoms with van der Waals surface area (Å²) in [5.74, 6) is 0.723. The van der Waals surface area contributed by atoms with Gasteiger partial charge in [0.2, 0.25) is 0 Å². The first-order chi connectivity index (χ1) is 12.3. The molecule has 1 aliphatic carbocycles. The van der Waals surface area contributed by atoms with Crippen LogP contribution in [0.4, 0.5) is 4.79 Å². The summed E-state index contributed by atoms with van der Waals surface area (Å²) in [7, 11) is 0. The number of hydrazine groups is 1. The van der Waals surface area contributed by atoms with Gasteiger partial charge < -0.3 is 21.3 Å². The van der Waals surface area contributed by atoms with Crippen molar-refractivity contribution >= 4 is 17.8 Å². The molecule has 3 unspecified atom stereocenters. The highest BCUT2D eigenvalue weighted by Crippen LogP contribution is 2.33. The molecule has 144 valence electrons. The highest BCUT2D eigenvalue weighted by molar-refractivity contribution is 8.00. The molecule has 3 fully saturated rings. The first-order valence-corrected chi connectivity index (χ1v) is 10.9. The largest absolute Gasteiger partial charge is 0.338 e. The van der Waals surface area contributed by atoms with E-state index in [9.17, 15) is 4.79 Å². The summed E-state index contributed by atoms with van der Waals surface area (Å²) in [5.41, 5.74) is 6.50. The van der Waals surface area contributed by atoms with Gasteiger partial charge in [-0.3, -0.25) is 0 Å². The second kappa shape index (κ2) is 10.6. The second-order valence-electron chi connectivity index (χ2n) is 7.33. The van der Waals surface area contributed by atoms with Crippen LogP contribution in [0.1, 0.15) is 57.8 Å². The van der Waals surface area contributed by atoms with Crippen LogP contribution in [0.2, 0.25) is 0 Å². The Morgan fingerprint density at radius 1 is 1.00 bits per heavy atom. The lowest BCUT2D eigenvalue weighted by atomic mass is 9.89. The van der Waals surface area contributed by atoms with Crippen molar-refractivity contribution in [3.05, 3.63) is 0 Å². The van der Waals surface area contributed by atoms with Crippen LogP contribution in [-0.4, -0.2) is 42.7 Å². The van der Waals surface area contributed by atoms with Crippen LogP contribution < -0.4 is 32.1 Å². The Kier molecular flexibility index (Phi) is 8.13. The molecule has 6 N–H and O–H groups in total. The monoisotopic (exact) mass is 370 g/mol. The fourth-order valence-electron chi connectivity index (χ4n) is 3.87. The minimum atomic E-state index is -0.0908. The molecule has 2 saturated heterocycles. The number of piperidine rings is 1. The molecule has 0 bridgehead atoms. The fraction of sp³-hybridized carbons (Fsp3) is 0.941. The van der Waals surface area contributed by atoms with Crippen molar-refractivity contribution in [3.63, 3.8) is 0 Å². The smallest absolute Gasteiger partial charge is 0.316 e. The molecule has 0 radical (unpaired) electrons. The molecule has 3 aliphatic rings. The van der Waals surface area contributed by atoms with Crippen molar-refractivity contribution in [2.45, 2.75) is 74.8 Å². The van der Waals surface area contributed by atoms with Gasteiger partial charge in [0.05, 0.1) is 11.5 Å². The zero-order chi connectivity index (χ0) is 17.3. The Hall–Kier alpha value is -0.540. The molecule has 7 nitrogen and oxygen atoms in total. The number of nitrogens with one attached hydrogen (secondary N) is 6. The molecular weight excluding hydrogens is 336 g/mol. The number of carbonyl (C=O) groups is 1. The summed E-state index contributed by atoms with van der Waals surface area (Å²) in [6.45, 7) is 2.74. The van der Waals surface area contributed by atoms with Crippen molar-refractivity contribution in [1.29, 1.82) is 0 Å². The molecule has 1 saturated carbocycles. The highest BCUT2D eigenvalue weighted by Gasteiger charge is 2.32. The summed E-state index contributed by atoms with van der Waals surface area (Å²) < 4.78 is 0. The molecule has 0 spiro atoms. The van der Waals surface area contributed by atoms with Crippen molar-refractivity contribution in [2.75, 3.05) is 19.6 Å². The zero-order valence-corrected chi connectivity index (χ0v) is 15.9. The van der Waals surface area contributed by atoms with Crippen molar-refractivity contribution < 1.29 is 4.79 Å². The van der Waals surface area contributed by atoms with Gasteiger partial charge in [-0.15, -0.1) is 0 Å². The Bertz CT molecular complexity index is 401. The summed E-state index contributed by atoms with van der Waals surface area (Å²) in [6.07, 6.45) is 11.8. The first-order valence-electron chi connectivity index (χ1n) is 9.99. The molecule has 0 aromatic rings. The highest BCUT2D eigenvalue weighted by atomic mass is 32.2. The summed E-state index contributed by atoms with van der Waals surface area (Å²) in [6, 6.07) is -0.0908. The first kappa shape index (κ1) is 19.2. The van der Waals surface area contributed by atoms with E-state index >= 15 is 0 Å². The fourth-order valence-corrected chi connectivity index (χ4v) is 5.11. The average molecular weight is 371 g/mol. The van der Waals surface area contributed by atoms with Gasteiger partial charge >= 0.3 is 6.03 Å². The van der Waals surface area contributed by atoms with Crippen LogP contribution in [0.5, 0.6) is 0 Å². The maximum absolute atomic E-state index is 12.0. The number of hydrogen-bond acceptors (Lipinski definition) is 6. The summed E-state index contributed by atoms with van der Waals surface area (Å²) >= 11 is 1.79. The quantitative estimate of drug-likeness (QED) is 0.380. The van der Waals surface area contributed by atoms with Crippen molar-refractivity contribution in [1.82, 2.24) is 32.1 Å². The van der Waals surface area contributed by atoms with Gasteiger partial charge in [0.15, 0.2) is 0 Å². The van der Waals surface area contributed by atoms with E-state index in [-0.39, 0.29) is 11.5 Å². The maximum Gasteiger partial charge on any atom is 0.316 e. The molecule has 8 heteroatoms. The van der Waals surface area contributed by atoms with Gasteiger partial charge in [-0.1, -0.05) is 31.0 Å². The van der Waals surface area contributed by atoms with Gasteiger partial charge in [-0.25, -0.2) is 15.6 Å². The molecule has 2 heterocycles. The molecular formula is C17H34N6OS. The topological polar surface area (TPSA) is 89.2 Å². The van der Waals surface area contributed by atoms with Crippen molar-refractivity contribution in [2.24, 2.45) is 5.92 Å². The van der Waals surface area contributed by atoms with Crippen LogP contribution in [0.3, 0.4) is 0 Å². The Morgan fingerprint density at radius 3 is 2.64 bits per heavy atom. The Morgan fingerprint density at radius 2 is 1.84 bits per heavy atom. The van der Waals surface area contributed by atoms with Crippen LogP contribution >= 0.6 is 11.8 Å². The van der Waals surface area contributed by atoms with Crippen LogP contribution in [0.15, 0.2) is 0 Å². The second-order valence-corrected chi connectivity index (χ2v) is 8.59. The molecule has 3 atom stereocenters. The standard InChI is InChI=1S/C17H34N6OS/c24-16(20-12-6-11-19-14-9-4-5-10-18-14)21-17-23-22-15(25-17)13-7-2-1-3-8-13/h13-15,17-19,22-23H,1-12H2,(H2,20,21,24). The number of carbonyl (C=O) groups excluding carboxylic acids is 1. The SMILES string of the molecule is O=C(NCCCNC1CCCCN1)NC1NNC(C2CCCCC2)S1. The number of thioether (sulfide) groups is 1. The lowest BCUT2D eigenvalue weighted by Gasteiger charge is -2.26. The summed E-state index contributed by atoms with van der Waals surface area (Å²) in [4.78, 5) is 12.0. The lowest BCUT2D eigenvalue weighted by Crippen LogP contribution is -2.48. The third-order valence-electron chi connectivity index (χ3n) is 5.32. The maximum atomic E-state index is 12.0. The van der Waals surface area contributed by atoms with E-state index in [1.54, 1.807) is 11.8 Å². The summed E-state index contributed by atoms with van der Waals surface area (Å²) in [5, 5.41) is 13.3. The number of rotatable bonds is 7. The van der Waals surface area contributed by atoms with E-state index in [1.165, 1.54) is 51.4 Å². The van der Waals surface area contributed by atoms with E-state index in [0.29, 0.717) is 18.1 Å². The number of urea groups is 1. The van der Waals surface area contributed by atoms with Crippen molar-refractivity contribution in [3.8, 4) is 0 Å². The minimum absolute atomic E-state index is 0.0449. The average Bonchev–Trinajstić information content (AvgIpc) is 3.11. The van der Waals surface area contributed by atoms with E-state index < -0.39 is 0 Å². The minimum Gasteiger partial charge on any atom is -0.338 e. The van der Waals surface area contributed by atoms with E-state index in [0.717, 1.165) is 25.4 Å². The van der Waals surface area contributed by atoms with E-state index in [2.05, 4.69) is 32.1 Å². The molecule has 2 aliphatic heterocycles. The van der Waals surface area contributed by atoms with Crippen LogP contribution in [-0.2, 0) is 0 Å². The zero-order valence-electron chi connectivity index (χ0n) is 15.1. The number of hydrogen-bond donors (Lipinski definition) is 6.